The van der Waals surface area contributed by atoms with Crippen LogP contribution in [0.25, 0.3) is 11.1 Å². The molecule has 3 heterocycles. The standard InChI is InChI=1S/C28H31N3O3/c1-29(2)17-21-6-4-5-7-24(21)25-12-13-26-22-14-19(16-31(26)28(25)33)15-30(18-22)27(32)20-8-10-23(34-3)11-9-20/h4-13,19,22H,14-18H2,1-3H3. The average molecular weight is 458 g/mol. The highest BCUT2D eigenvalue weighted by Gasteiger charge is 2.37. The van der Waals surface area contributed by atoms with Gasteiger partial charge in [0, 0.05) is 48.9 Å². The molecule has 2 bridgehead atoms. The van der Waals surface area contributed by atoms with E-state index in [0.717, 1.165) is 41.1 Å². The van der Waals surface area contributed by atoms with E-state index in [0.29, 0.717) is 25.2 Å². The molecule has 0 radical (unpaired) electrons. The predicted octanol–water partition coefficient (Wildman–Crippen LogP) is 3.85. The van der Waals surface area contributed by atoms with Gasteiger partial charge in [-0.15, -0.1) is 0 Å². The maximum Gasteiger partial charge on any atom is 0.258 e. The molecule has 1 saturated heterocycles. The molecule has 2 aromatic carbocycles. The highest BCUT2D eigenvalue weighted by Crippen LogP contribution is 2.36. The molecule has 0 N–H and O–H groups in total. The number of fused-ring (bicyclic) bond motifs is 4. The molecule has 2 unspecified atom stereocenters. The van der Waals surface area contributed by atoms with E-state index >= 15 is 0 Å². The van der Waals surface area contributed by atoms with Gasteiger partial charge in [-0.2, -0.15) is 0 Å². The van der Waals surface area contributed by atoms with Gasteiger partial charge in [-0.3, -0.25) is 9.59 Å². The summed E-state index contributed by atoms with van der Waals surface area (Å²) in [5, 5.41) is 0. The largest absolute Gasteiger partial charge is 0.497 e. The second-order valence-electron chi connectivity index (χ2n) is 9.72. The Labute approximate surface area is 200 Å². The molecular formula is C28H31N3O3. The summed E-state index contributed by atoms with van der Waals surface area (Å²) < 4.78 is 7.18. The van der Waals surface area contributed by atoms with Crippen molar-refractivity contribution in [3.8, 4) is 16.9 Å². The highest BCUT2D eigenvalue weighted by molar-refractivity contribution is 5.94. The van der Waals surface area contributed by atoms with E-state index in [-0.39, 0.29) is 23.3 Å². The molecule has 0 saturated carbocycles. The first-order chi connectivity index (χ1) is 16.4. The second kappa shape index (κ2) is 9.11. The van der Waals surface area contributed by atoms with Gasteiger partial charge in [0.2, 0.25) is 0 Å². The van der Waals surface area contributed by atoms with E-state index < -0.39 is 0 Å². The molecule has 0 spiro atoms. The number of hydrogen-bond acceptors (Lipinski definition) is 4. The maximum atomic E-state index is 13.6. The summed E-state index contributed by atoms with van der Waals surface area (Å²) in [4.78, 5) is 30.9. The van der Waals surface area contributed by atoms with Crippen molar-refractivity contribution in [1.82, 2.24) is 14.4 Å². The Kier molecular flexibility index (Phi) is 6.00. The van der Waals surface area contributed by atoms with Crippen LogP contribution < -0.4 is 10.3 Å². The third-order valence-corrected chi connectivity index (χ3v) is 7.02. The number of likely N-dealkylation sites (tertiary alicyclic amines) is 1. The molecule has 1 aromatic heterocycles. The summed E-state index contributed by atoms with van der Waals surface area (Å²) in [6.45, 7) is 2.75. The van der Waals surface area contributed by atoms with Gasteiger partial charge < -0.3 is 19.1 Å². The summed E-state index contributed by atoms with van der Waals surface area (Å²) in [5.74, 6) is 1.23. The van der Waals surface area contributed by atoms with Crippen LogP contribution in [0.4, 0.5) is 0 Å². The van der Waals surface area contributed by atoms with E-state index in [1.807, 2.05) is 72.1 Å². The zero-order valence-electron chi connectivity index (χ0n) is 20.0. The van der Waals surface area contributed by atoms with Crippen molar-refractivity contribution in [3.63, 3.8) is 0 Å². The molecule has 2 atom stereocenters. The number of benzene rings is 2. The second-order valence-corrected chi connectivity index (χ2v) is 9.72. The Morgan fingerprint density at radius 3 is 2.47 bits per heavy atom. The van der Waals surface area contributed by atoms with E-state index in [9.17, 15) is 9.59 Å². The fraction of sp³-hybridized carbons (Fsp3) is 0.357. The minimum absolute atomic E-state index is 0.0439. The van der Waals surface area contributed by atoms with Gasteiger partial charge in [-0.1, -0.05) is 24.3 Å². The highest BCUT2D eigenvalue weighted by atomic mass is 16.5. The Balaban J connectivity index is 1.43. The molecule has 2 aliphatic rings. The normalized spacial score (nSPS) is 19.1. The lowest BCUT2D eigenvalue weighted by Crippen LogP contribution is -2.49. The summed E-state index contributed by atoms with van der Waals surface area (Å²) in [6.07, 6.45) is 1.02. The van der Waals surface area contributed by atoms with Gasteiger partial charge >= 0.3 is 0 Å². The third-order valence-electron chi connectivity index (χ3n) is 7.02. The fourth-order valence-corrected chi connectivity index (χ4v) is 5.49. The van der Waals surface area contributed by atoms with E-state index in [1.54, 1.807) is 7.11 Å². The molecule has 6 heteroatoms. The Hall–Kier alpha value is -3.38. The quantitative estimate of drug-likeness (QED) is 0.584. The van der Waals surface area contributed by atoms with Crippen LogP contribution in [0.15, 0.2) is 65.5 Å². The van der Waals surface area contributed by atoms with Crippen molar-refractivity contribution in [2.45, 2.75) is 25.4 Å². The fourth-order valence-electron chi connectivity index (χ4n) is 5.49. The Morgan fingerprint density at radius 1 is 0.971 bits per heavy atom. The van der Waals surface area contributed by atoms with Gasteiger partial charge in [0.05, 0.1) is 7.11 Å². The molecule has 6 nitrogen and oxygen atoms in total. The van der Waals surface area contributed by atoms with Crippen LogP contribution in [0.3, 0.4) is 0 Å². The van der Waals surface area contributed by atoms with Gasteiger partial charge in [0.15, 0.2) is 0 Å². The first-order valence-electron chi connectivity index (χ1n) is 11.8. The number of ether oxygens (including phenoxy) is 1. The van der Waals surface area contributed by atoms with E-state index in [4.69, 9.17) is 4.74 Å². The predicted molar refractivity (Wildman–Crippen MR) is 133 cm³/mol. The maximum absolute atomic E-state index is 13.6. The van der Waals surface area contributed by atoms with Crippen LogP contribution in [-0.2, 0) is 13.1 Å². The Morgan fingerprint density at radius 2 is 1.74 bits per heavy atom. The lowest BCUT2D eigenvalue weighted by molar-refractivity contribution is 0.0594. The molecule has 1 fully saturated rings. The number of aromatic nitrogens is 1. The van der Waals surface area contributed by atoms with Crippen LogP contribution in [0, 0.1) is 5.92 Å². The number of hydrogen-bond donors (Lipinski definition) is 0. The van der Waals surface area contributed by atoms with Crippen LogP contribution in [0.5, 0.6) is 5.75 Å². The molecule has 5 rings (SSSR count). The summed E-state index contributed by atoms with van der Waals surface area (Å²) in [5.41, 5.74) is 4.70. The molecule has 34 heavy (non-hydrogen) atoms. The van der Waals surface area contributed by atoms with Crippen molar-refractivity contribution < 1.29 is 9.53 Å². The summed E-state index contributed by atoms with van der Waals surface area (Å²) in [6, 6.07) is 19.5. The molecule has 1 amide bonds. The summed E-state index contributed by atoms with van der Waals surface area (Å²) >= 11 is 0. The monoisotopic (exact) mass is 457 g/mol. The number of amides is 1. The average Bonchev–Trinajstić information content (AvgIpc) is 2.84. The zero-order valence-corrected chi connectivity index (χ0v) is 20.0. The van der Waals surface area contributed by atoms with Crippen molar-refractivity contribution >= 4 is 5.91 Å². The Bertz CT molecular complexity index is 1260. The van der Waals surface area contributed by atoms with E-state index in [1.165, 1.54) is 0 Å². The van der Waals surface area contributed by atoms with Gasteiger partial charge in [0.25, 0.3) is 11.5 Å². The first kappa shape index (κ1) is 22.4. The van der Waals surface area contributed by atoms with E-state index in [2.05, 4.69) is 17.0 Å². The SMILES string of the molecule is COc1ccc(C(=O)N2CC3CC(C2)c2ccc(-c4ccccc4CN(C)C)c(=O)n2C3)cc1. The molecule has 0 aliphatic carbocycles. The van der Waals surface area contributed by atoms with Crippen molar-refractivity contribution in [1.29, 1.82) is 0 Å². The van der Waals surface area contributed by atoms with Crippen molar-refractivity contribution in [2.75, 3.05) is 34.3 Å². The molecule has 3 aromatic rings. The van der Waals surface area contributed by atoms with Crippen LogP contribution in [0.1, 0.15) is 34.0 Å². The lowest BCUT2D eigenvalue weighted by atomic mass is 9.82. The van der Waals surface area contributed by atoms with Crippen molar-refractivity contribution in [2.24, 2.45) is 5.92 Å². The number of pyridine rings is 1. The number of carbonyl (C=O) groups excluding carboxylic acids is 1. The third kappa shape index (κ3) is 4.14. The van der Waals surface area contributed by atoms with Crippen LogP contribution in [0.2, 0.25) is 0 Å². The van der Waals surface area contributed by atoms with Crippen molar-refractivity contribution in [3.05, 3.63) is 87.8 Å². The zero-order chi connectivity index (χ0) is 23.8. The smallest absolute Gasteiger partial charge is 0.258 e. The molecule has 176 valence electrons. The van der Waals surface area contributed by atoms with Crippen LogP contribution in [-0.4, -0.2) is 54.6 Å². The van der Waals surface area contributed by atoms with Gasteiger partial charge in [-0.25, -0.2) is 0 Å². The summed E-state index contributed by atoms with van der Waals surface area (Å²) in [7, 11) is 5.70. The molecule has 2 aliphatic heterocycles. The van der Waals surface area contributed by atoms with Crippen LogP contribution >= 0.6 is 0 Å². The molecular weight excluding hydrogens is 426 g/mol. The lowest BCUT2D eigenvalue weighted by Gasteiger charge is -2.43. The topological polar surface area (TPSA) is 54.8 Å². The number of piperidine rings is 1. The minimum atomic E-state index is 0.0439. The number of rotatable bonds is 5. The first-order valence-corrected chi connectivity index (χ1v) is 11.8. The minimum Gasteiger partial charge on any atom is -0.497 e. The van der Waals surface area contributed by atoms with Gasteiger partial charge in [0.1, 0.15) is 5.75 Å². The van der Waals surface area contributed by atoms with Gasteiger partial charge in [-0.05, 0) is 74.0 Å². The number of carbonyl (C=O) groups is 1. The number of methoxy groups -OCH3 is 1. The number of nitrogens with zero attached hydrogens (tertiary/aromatic N) is 3.